The fourth-order valence-corrected chi connectivity index (χ4v) is 2.65. The van der Waals surface area contributed by atoms with E-state index in [9.17, 15) is 9.59 Å². The van der Waals surface area contributed by atoms with E-state index < -0.39 is 6.04 Å². The predicted molar refractivity (Wildman–Crippen MR) is 66.9 cm³/mol. The second kappa shape index (κ2) is 5.26. The summed E-state index contributed by atoms with van der Waals surface area (Å²) in [7, 11) is 1.63. The molecule has 0 aromatic rings. The number of carbonyl (C=O) groups is 2. The van der Waals surface area contributed by atoms with Gasteiger partial charge in [0, 0.05) is 7.11 Å². The summed E-state index contributed by atoms with van der Waals surface area (Å²) in [5.41, 5.74) is 0. The van der Waals surface area contributed by atoms with E-state index in [0.717, 1.165) is 19.3 Å². The van der Waals surface area contributed by atoms with Gasteiger partial charge in [0.15, 0.2) is 0 Å². The van der Waals surface area contributed by atoms with Crippen molar-refractivity contribution in [3.63, 3.8) is 0 Å². The molecule has 1 N–H and O–H groups in total. The SMILES string of the molecule is CCC(COC)N1C(=O)C(C2CC2)NC(=O)C1C. The Hall–Kier alpha value is -1.10. The van der Waals surface area contributed by atoms with Crippen LogP contribution in [0.15, 0.2) is 0 Å². The van der Waals surface area contributed by atoms with Gasteiger partial charge in [0.2, 0.25) is 11.8 Å². The van der Waals surface area contributed by atoms with Crippen LogP contribution in [0.1, 0.15) is 33.1 Å². The van der Waals surface area contributed by atoms with E-state index in [-0.39, 0.29) is 23.9 Å². The average molecular weight is 254 g/mol. The number of rotatable bonds is 5. The summed E-state index contributed by atoms with van der Waals surface area (Å²) >= 11 is 0. The summed E-state index contributed by atoms with van der Waals surface area (Å²) in [6.45, 7) is 4.29. The zero-order valence-electron chi connectivity index (χ0n) is 11.3. The maximum Gasteiger partial charge on any atom is 0.246 e. The smallest absolute Gasteiger partial charge is 0.246 e. The lowest BCUT2D eigenvalue weighted by atomic mass is 10.0. The van der Waals surface area contributed by atoms with Crippen molar-refractivity contribution in [1.82, 2.24) is 10.2 Å². The Morgan fingerprint density at radius 2 is 2.11 bits per heavy atom. The number of hydrogen-bond donors (Lipinski definition) is 1. The minimum absolute atomic E-state index is 0.00944. The highest BCUT2D eigenvalue weighted by atomic mass is 16.5. The second-order valence-corrected chi connectivity index (χ2v) is 5.26. The summed E-state index contributed by atoms with van der Waals surface area (Å²) in [6, 6.07) is -0.711. The van der Waals surface area contributed by atoms with Crippen molar-refractivity contribution in [3.8, 4) is 0 Å². The third-order valence-corrected chi connectivity index (χ3v) is 3.93. The van der Waals surface area contributed by atoms with Gasteiger partial charge in [-0.05, 0) is 32.1 Å². The number of carbonyl (C=O) groups excluding carboxylic acids is 2. The number of nitrogens with one attached hydrogen (secondary N) is 1. The van der Waals surface area contributed by atoms with E-state index in [4.69, 9.17) is 4.74 Å². The summed E-state index contributed by atoms with van der Waals surface area (Å²) < 4.78 is 5.17. The Labute approximate surface area is 108 Å². The molecule has 5 heteroatoms. The molecule has 1 saturated heterocycles. The standard InChI is InChI=1S/C13H22N2O3/c1-4-10(7-18-3)15-8(2)12(16)14-11(13(15)17)9-5-6-9/h8-11H,4-7H2,1-3H3,(H,14,16). The minimum atomic E-state index is -0.396. The first-order valence-electron chi connectivity index (χ1n) is 6.71. The molecule has 1 aliphatic carbocycles. The Balaban J connectivity index is 2.17. The van der Waals surface area contributed by atoms with E-state index in [1.807, 2.05) is 6.92 Å². The normalized spacial score (nSPS) is 30.3. The molecule has 3 unspecified atom stereocenters. The molecule has 2 aliphatic rings. The van der Waals surface area contributed by atoms with E-state index in [1.54, 1.807) is 18.9 Å². The van der Waals surface area contributed by atoms with Crippen molar-refractivity contribution in [2.24, 2.45) is 5.92 Å². The molecule has 0 radical (unpaired) electrons. The maximum absolute atomic E-state index is 12.5. The van der Waals surface area contributed by atoms with Crippen molar-refractivity contribution in [1.29, 1.82) is 0 Å². The van der Waals surface area contributed by atoms with Crippen LogP contribution in [0.2, 0.25) is 0 Å². The molecule has 1 aliphatic heterocycles. The van der Waals surface area contributed by atoms with Crippen LogP contribution >= 0.6 is 0 Å². The van der Waals surface area contributed by atoms with Gasteiger partial charge < -0.3 is 15.0 Å². The number of ether oxygens (including phenoxy) is 1. The first-order valence-corrected chi connectivity index (χ1v) is 6.71. The lowest BCUT2D eigenvalue weighted by Gasteiger charge is -2.41. The van der Waals surface area contributed by atoms with Gasteiger partial charge in [-0.1, -0.05) is 6.92 Å². The summed E-state index contributed by atoms with van der Waals surface area (Å²) in [5, 5.41) is 2.86. The van der Waals surface area contributed by atoms with E-state index >= 15 is 0 Å². The number of methoxy groups -OCH3 is 1. The molecular formula is C13H22N2O3. The third kappa shape index (κ3) is 2.36. The lowest BCUT2D eigenvalue weighted by Crippen LogP contribution is -2.66. The van der Waals surface area contributed by atoms with Gasteiger partial charge in [-0.2, -0.15) is 0 Å². The molecule has 2 rings (SSSR count). The van der Waals surface area contributed by atoms with Gasteiger partial charge in [-0.25, -0.2) is 0 Å². The topological polar surface area (TPSA) is 58.6 Å². The molecule has 2 amide bonds. The number of hydrogen-bond acceptors (Lipinski definition) is 3. The Kier molecular flexibility index (Phi) is 3.90. The molecule has 2 fully saturated rings. The van der Waals surface area contributed by atoms with Crippen LogP contribution in [0.25, 0.3) is 0 Å². The third-order valence-electron chi connectivity index (χ3n) is 3.93. The fraction of sp³-hybridized carbons (Fsp3) is 0.846. The van der Waals surface area contributed by atoms with Gasteiger partial charge in [0.1, 0.15) is 12.1 Å². The monoisotopic (exact) mass is 254 g/mol. The van der Waals surface area contributed by atoms with Crippen LogP contribution in [0.4, 0.5) is 0 Å². The van der Waals surface area contributed by atoms with Crippen LogP contribution in [0.3, 0.4) is 0 Å². The van der Waals surface area contributed by atoms with E-state index in [1.165, 1.54) is 0 Å². The van der Waals surface area contributed by atoms with E-state index in [2.05, 4.69) is 5.32 Å². The number of piperazine rings is 1. The Morgan fingerprint density at radius 3 is 2.61 bits per heavy atom. The molecule has 18 heavy (non-hydrogen) atoms. The van der Waals surface area contributed by atoms with Gasteiger partial charge >= 0.3 is 0 Å². The second-order valence-electron chi connectivity index (χ2n) is 5.26. The van der Waals surface area contributed by atoms with Crippen LogP contribution in [0.5, 0.6) is 0 Å². The molecule has 0 aromatic carbocycles. The van der Waals surface area contributed by atoms with Crippen LogP contribution in [0, 0.1) is 5.92 Å². The van der Waals surface area contributed by atoms with Gasteiger partial charge in [0.05, 0.1) is 12.6 Å². The molecule has 0 spiro atoms. The highest BCUT2D eigenvalue weighted by Crippen LogP contribution is 2.35. The van der Waals surface area contributed by atoms with Crippen molar-refractivity contribution in [2.45, 2.75) is 51.2 Å². The van der Waals surface area contributed by atoms with Crippen molar-refractivity contribution < 1.29 is 14.3 Å². The van der Waals surface area contributed by atoms with Crippen LogP contribution in [-0.4, -0.2) is 48.6 Å². The lowest BCUT2D eigenvalue weighted by molar-refractivity contribution is -0.153. The van der Waals surface area contributed by atoms with Crippen LogP contribution in [-0.2, 0) is 14.3 Å². The summed E-state index contributed by atoms with van der Waals surface area (Å²) in [5.74, 6) is 0.367. The molecule has 0 bridgehead atoms. The average Bonchev–Trinajstić information content (AvgIpc) is 3.17. The van der Waals surface area contributed by atoms with Gasteiger partial charge in [-0.15, -0.1) is 0 Å². The first kappa shape index (κ1) is 13.3. The van der Waals surface area contributed by atoms with Crippen molar-refractivity contribution in [2.75, 3.05) is 13.7 Å². The molecule has 102 valence electrons. The Bertz CT molecular complexity index is 341. The zero-order valence-corrected chi connectivity index (χ0v) is 11.3. The zero-order chi connectivity index (χ0) is 13.3. The molecule has 0 aromatic heterocycles. The molecule has 1 saturated carbocycles. The fourth-order valence-electron chi connectivity index (χ4n) is 2.65. The minimum Gasteiger partial charge on any atom is -0.383 e. The Morgan fingerprint density at radius 1 is 1.44 bits per heavy atom. The quantitative estimate of drug-likeness (QED) is 0.779. The van der Waals surface area contributed by atoms with Crippen molar-refractivity contribution >= 4 is 11.8 Å². The van der Waals surface area contributed by atoms with Crippen LogP contribution < -0.4 is 5.32 Å². The summed E-state index contributed by atoms with van der Waals surface area (Å²) in [4.78, 5) is 26.2. The largest absolute Gasteiger partial charge is 0.383 e. The van der Waals surface area contributed by atoms with Crippen molar-refractivity contribution in [3.05, 3.63) is 0 Å². The molecule has 5 nitrogen and oxygen atoms in total. The number of nitrogens with zero attached hydrogens (tertiary/aromatic N) is 1. The number of amides is 2. The highest BCUT2D eigenvalue weighted by Gasteiger charge is 2.47. The molecule has 1 heterocycles. The van der Waals surface area contributed by atoms with Gasteiger partial charge in [0.25, 0.3) is 0 Å². The molecule has 3 atom stereocenters. The first-order chi connectivity index (χ1) is 8.60. The van der Waals surface area contributed by atoms with E-state index in [0.29, 0.717) is 12.5 Å². The molecular weight excluding hydrogens is 232 g/mol. The predicted octanol–water partition coefficient (Wildman–Crippen LogP) is 0.537. The highest BCUT2D eigenvalue weighted by molar-refractivity contribution is 5.97. The van der Waals surface area contributed by atoms with Gasteiger partial charge in [-0.3, -0.25) is 9.59 Å². The summed E-state index contributed by atoms with van der Waals surface area (Å²) in [6.07, 6.45) is 2.88. The maximum atomic E-state index is 12.5.